The summed E-state index contributed by atoms with van der Waals surface area (Å²) < 4.78 is 4.50. The van der Waals surface area contributed by atoms with Gasteiger partial charge in [-0.3, -0.25) is 9.59 Å². The van der Waals surface area contributed by atoms with E-state index in [2.05, 4.69) is 10.1 Å². The van der Waals surface area contributed by atoms with Crippen molar-refractivity contribution < 1.29 is 19.4 Å². The number of methoxy groups -OCH3 is 1. The Balaban J connectivity index is 2.67. The van der Waals surface area contributed by atoms with E-state index in [1.54, 1.807) is 31.2 Å². The fourth-order valence-electron chi connectivity index (χ4n) is 1.65. The summed E-state index contributed by atoms with van der Waals surface area (Å²) in [6.45, 7) is 1.76. The molecule has 2 unspecified atom stereocenters. The minimum atomic E-state index is -0.968. The third kappa shape index (κ3) is 4.64. The van der Waals surface area contributed by atoms with Gasteiger partial charge in [-0.1, -0.05) is 19.1 Å². The zero-order chi connectivity index (χ0) is 15.1. The van der Waals surface area contributed by atoms with Gasteiger partial charge in [-0.2, -0.15) is 0 Å². The molecule has 110 valence electrons. The lowest BCUT2D eigenvalue weighted by atomic mass is 10.0. The van der Waals surface area contributed by atoms with E-state index in [0.717, 1.165) is 0 Å². The van der Waals surface area contributed by atoms with Crippen LogP contribution in [-0.4, -0.2) is 30.1 Å². The van der Waals surface area contributed by atoms with Crippen LogP contribution in [0.5, 0.6) is 0 Å². The van der Waals surface area contributed by atoms with Gasteiger partial charge in [0.05, 0.1) is 19.6 Å². The highest BCUT2D eigenvalue weighted by molar-refractivity contribution is 5.90. The standard InChI is InChI=1S/C14H20N2O4/c1-3-12(17)16-10-6-4-9(5-7-10)14(19)11(15)8-13(18)20-2/h4-7,11,14,19H,3,8,15H2,1-2H3,(H,16,17). The number of nitrogens with one attached hydrogen (secondary N) is 1. The lowest BCUT2D eigenvalue weighted by Crippen LogP contribution is -2.31. The van der Waals surface area contributed by atoms with Gasteiger partial charge in [-0.15, -0.1) is 0 Å². The van der Waals surface area contributed by atoms with Crippen LogP contribution in [0.1, 0.15) is 31.4 Å². The van der Waals surface area contributed by atoms with E-state index in [9.17, 15) is 14.7 Å². The van der Waals surface area contributed by atoms with Gasteiger partial charge in [0.2, 0.25) is 5.91 Å². The molecule has 0 radical (unpaired) electrons. The molecule has 1 amide bonds. The van der Waals surface area contributed by atoms with Gasteiger partial charge < -0.3 is 20.9 Å². The highest BCUT2D eigenvalue weighted by atomic mass is 16.5. The van der Waals surface area contributed by atoms with E-state index in [4.69, 9.17) is 5.73 Å². The Bertz CT molecular complexity index is 459. The van der Waals surface area contributed by atoms with E-state index in [-0.39, 0.29) is 12.3 Å². The Morgan fingerprint density at radius 1 is 1.35 bits per heavy atom. The van der Waals surface area contributed by atoms with Crippen molar-refractivity contribution in [3.05, 3.63) is 29.8 Å². The Morgan fingerprint density at radius 3 is 2.45 bits per heavy atom. The summed E-state index contributed by atoms with van der Waals surface area (Å²) in [4.78, 5) is 22.3. The highest BCUT2D eigenvalue weighted by Gasteiger charge is 2.20. The molecule has 0 aliphatic carbocycles. The van der Waals surface area contributed by atoms with Gasteiger partial charge in [0, 0.05) is 18.2 Å². The SMILES string of the molecule is CCC(=O)Nc1ccc(C(O)C(N)CC(=O)OC)cc1. The molecule has 0 saturated carbocycles. The van der Waals surface area contributed by atoms with Crippen molar-refractivity contribution in [3.63, 3.8) is 0 Å². The van der Waals surface area contributed by atoms with Crippen LogP contribution in [0.25, 0.3) is 0 Å². The molecule has 6 heteroatoms. The summed E-state index contributed by atoms with van der Waals surface area (Å²) in [7, 11) is 1.27. The predicted molar refractivity (Wildman–Crippen MR) is 74.9 cm³/mol. The fraction of sp³-hybridized carbons (Fsp3) is 0.429. The number of nitrogens with two attached hydrogens (primary N) is 1. The zero-order valence-electron chi connectivity index (χ0n) is 11.6. The second kappa shape index (κ2) is 7.62. The summed E-state index contributed by atoms with van der Waals surface area (Å²) >= 11 is 0. The molecule has 0 spiro atoms. The van der Waals surface area contributed by atoms with Crippen LogP contribution in [0.2, 0.25) is 0 Å². The van der Waals surface area contributed by atoms with Crippen LogP contribution in [0, 0.1) is 0 Å². The molecule has 0 aromatic heterocycles. The van der Waals surface area contributed by atoms with Crippen molar-refractivity contribution in [2.45, 2.75) is 31.9 Å². The van der Waals surface area contributed by atoms with Crippen molar-refractivity contribution in [1.82, 2.24) is 0 Å². The zero-order valence-corrected chi connectivity index (χ0v) is 11.6. The van der Waals surface area contributed by atoms with Crippen LogP contribution in [0.4, 0.5) is 5.69 Å². The van der Waals surface area contributed by atoms with Gasteiger partial charge in [0.1, 0.15) is 0 Å². The number of hydrogen-bond donors (Lipinski definition) is 3. The van der Waals surface area contributed by atoms with Crippen LogP contribution in [0.15, 0.2) is 24.3 Å². The van der Waals surface area contributed by atoms with Crippen molar-refractivity contribution in [1.29, 1.82) is 0 Å². The summed E-state index contributed by atoms with van der Waals surface area (Å²) in [5.41, 5.74) is 6.97. The monoisotopic (exact) mass is 280 g/mol. The van der Waals surface area contributed by atoms with Crippen molar-refractivity contribution in [2.75, 3.05) is 12.4 Å². The summed E-state index contributed by atoms with van der Waals surface area (Å²) in [5, 5.41) is 12.7. The summed E-state index contributed by atoms with van der Waals surface area (Å²) in [6, 6.07) is 5.94. The van der Waals surface area contributed by atoms with Crippen LogP contribution in [0.3, 0.4) is 0 Å². The second-order valence-corrected chi connectivity index (χ2v) is 4.41. The first kappa shape index (κ1) is 16.1. The van der Waals surface area contributed by atoms with Gasteiger partial charge in [-0.25, -0.2) is 0 Å². The van der Waals surface area contributed by atoms with Crippen molar-refractivity contribution in [2.24, 2.45) is 5.73 Å². The topological polar surface area (TPSA) is 102 Å². The van der Waals surface area contributed by atoms with Gasteiger partial charge >= 0.3 is 5.97 Å². The molecule has 1 aromatic rings. The number of anilines is 1. The molecule has 1 rings (SSSR count). The van der Waals surface area contributed by atoms with Crippen molar-refractivity contribution >= 4 is 17.6 Å². The summed E-state index contributed by atoms with van der Waals surface area (Å²) in [5.74, 6) is -0.552. The first-order valence-electron chi connectivity index (χ1n) is 6.38. The quantitative estimate of drug-likeness (QED) is 0.674. The number of esters is 1. The molecule has 0 saturated heterocycles. The maximum Gasteiger partial charge on any atom is 0.307 e. The molecule has 4 N–H and O–H groups in total. The number of hydrogen-bond acceptors (Lipinski definition) is 5. The van der Waals surface area contributed by atoms with E-state index in [1.807, 2.05) is 0 Å². The van der Waals surface area contributed by atoms with E-state index in [0.29, 0.717) is 17.7 Å². The molecule has 2 atom stereocenters. The second-order valence-electron chi connectivity index (χ2n) is 4.41. The minimum Gasteiger partial charge on any atom is -0.469 e. The largest absolute Gasteiger partial charge is 0.469 e. The minimum absolute atomic E-state index is 0.0635. The molecule has 6 nitrogen and oxygen atoms in total. The smallest absolute Gasteiger partial charge is 0.307 e. The molecule has 0 heterocycles. The number of rotatable bonds is 6. The normalized spacial score (nSPS) is 13.4. The number of ether oxygens (including phenoxy) is 1. The molecular weight excluding hydrogens is 260 g/mol. The van der Waals surface area contributed by atoms with Gasteiger partial charge in [-0.05, 0) is 17.7 Å². The molecular formula is C14H20N2O4. The van der Waals surface area contributed by atoms with E-state index < -0.39 is 18.1 Å². The molecule has 1 aromatic carbocycles. The lowest BCUT2D eigenvalue weighted by molar-refractivity contribution is -0.141. The lowest BCUT2D eigenvalue weighted by Gasteiger charge is -2.18. The Kier molecular flexibility index (Phi) is 6.14. The fourth-order valence-corrected chi connectivity index (χ4v) is 1.65. The van der Waals surface area contributed by atoms with E-state index >= 15 is 0 Å². The number of carbonyl (C=O) groups is 2. The summed E-state index contributed by atoms with van der Waals surface area (Å²) in [6.07, 6.45) is -0.634. The number of benzene rings is 1. The van der Waals surface area contributed by atoms with Crippen LogP contribution < -0.4 is 11.1 Å². The predicted octanol–water partition coefficient (Wildman–Crippen LogP) is 0.959. The maximum atomic E-state index is 11.2. The number of amides is 1. The van der Waals surface area contributed by atoms with Gasteiger partial charge in [0.25, 0.3) is 0 Å². The maximum absolute atomic E-state index is 11.2. The van der Waals surface area contributed by atoms with Crippen LogP contribution >= 0.6 is 0 Å². The Labute approximate surface area is 117 Å². The molecule has 0 aliphatic heterocycles. The average molecular weight is 280 g/mol. The first-order chi connectivity index (χ1) is 9.47. The molecule has 0 fully saturated rings. The third-order valence-corrected chi connectivity index (χ3v) is 2.89. The molecule has 20 heavy (non-hydrogen) atoms. The number of carbonyl (C=O) groups excluding carboxylic acids is 2. The average Bonchev–Trinajstić information content (AvgIpc) is 2.46. The first-order valence-corrected chi connectivity index (χ1v) is 6.38. The third-order valence-electron chi connectivity index (χ3n) is 2.89. The van der Waals surface area contributed by atoms with E-state index in [1.165, 1.54) is 7.11 Å². The number of aliphatic hydroxyl groups is 1. The molecule has 0 aliphatic rings. The Hall–Kier alpha value is -1.92. The number of aliphatic hydroxyl groups excluding tert-OH is 1. The van der Waals surface area contributed by atoms with Crippen molar-refractivity contribution in [3.8, 4) is 0 Å². The van der Waals surface area contributed by atoms with Crippen LogP contribution in [-0.2, 0) is 14.3 Å². The van der Waals surface area contributed by atoms with Gasteiger partial charge in [0.15, 0.2) is 0 Å². The highest BCUT2D eigenvalue weighted by Crippen LogP contribution is 2.20. The molecule has 0 bridgehead atoms. The Morgan fingerprint density at radius 2 is 1.95 bits per heavy atom.